The fraction of sp³-hybridized carbons (Fsp3) is 0. The first kappa shape index (κ1) is 6.79. The first-order valence-electron chi connectivity index (χ1n) is 1.14. The summed E-state index contributed by atoms with van der Waals surface area (Å²) in [5.74, 6) is 8.25. The Morgan fingerprint density at radius 3 is 1.43 bits per heavy atom. The van der Waals surface area contributed by atoms with Gasteiger partial charge >= 0.3 is 10.4 Å². The van der Waals surface area contributed by atoms with Gasteiger partial charge in [0.05, 0.1) is 0 Å². The van der Waals surface area contributed by atoms with Crippen molar-refractivity contribution in [3.05, 3.63) is 0 Å². The summed E-state index contributed by atoms with van der Waals surface area (Å²) in [5.41, 5.74) is 0. The second kappa shape index (κ2) is 2.19. The topological polar surface area (TPSA) is 105 Å². The van der Waals surface area contributed by atoms with Crippen molar-refractivity contribution in [3.8, 4) is 0 Å². The van der Waals surface area contributed by atoms with Crippen LogP contribution in [0.25, 0.3) is 0 Å². The summed E-state index contributed by atoms with van der Waals surface area (Å²) in [6.45, 7) is 0. The van der Waals surface area contributed by atoms with Crippen molar-refractivity contribution in [1.29, 1.82) is 0 Å². The fourth-order valence-electron chi connectivity index (χ4n) is 0.0227. The van der Waals surface area contributed by atoms with Gasteiger partial charge in [0.15, 0.2) is 0 Å². The van der Waals surface area contributed by atoms with E-state index in [1.54, 1.807) is 0 Å². The molecule has 0 aromatic carbocycles. The Morgan fingerprint density at radius 2 is 1.43 bits per heavy atom. The minimum atomic E-state index is -4.10. The van der Waals surface area contributed by atoms with Crippen LogP contribution in [0, 0.1) is 0 Å². The summed E-state index contributed by atoms with van der Waals surface area (Å²) in [5, 5.41) is 0. The van der Waals surface area contributed by atoms with Gasteiger partial charge in [-0.3, -0.25) is 0 Å². The molecule has 0 unspecified atom stereocenters. The van der Waals surface area contributed by atoms with E-state index in [1.165, 1.54) is 0 Å². The maximum absolute atomic E-state index is 9.67. The van der Waals surface area contributed by atoms with E-state index in [0.29, 0.717) is 0 Å². The van der Waals surface area contributed by atoms with Crippen molar-refractivity contribution in [2.24, 2.45) is 11.8 Å². The van der Waals surface area contributed by atoms with Crippen LogP contribution in [0.3, 0.4) is 0 Å². The van der Waals surface area contributed by atoms with Crippen molar-refractivity contribution in [1.82, 2.24) is 0 Å². The van der Waals surface area contributed by atoms with Gasteiger partial charge in [-0.25, -0.2) is 0 Å². The molecule has 6 nitrogen and oxygen atoms in total. The zero-order valence-corrected chi connectivity index (χ0v) is 4.01. The third-order valence-corrected chi connectivity index (χ3v) is 0.707. The van der Waals surface area contributed by atoms with E-state index < -0.39 is 10.4 Å². The van der Waals surface area contributed by atoms with Crippen LogP contribution in [0.2, 0.25) is 0 Å². The molecule has 0 aliphatic heterocycles. The zero-order chi connectivity index (χ0) is 5.91. The Hall–Kier alpha value is -0.210. The second-order valence-corrected chi connectivity index (χ2v) is 1.80. The molecule has 0 aromatic rings. The van der Waals surface area contributed by atoms with Gasteiger partial charge < -0.3 is 0 Å². The molecule has 0 aliphatic rings. The lowest BCUT2D eigenvalue weighted by Crippen LogP contribution is -2.17. The van der Waals surface area contributed by atoms with Crippen molar-refractivity contribution >= 4 is 10.4 Å². The van der Waals surface area contributed by atoms with E-state index in [9.17, 15) is 8.42 Å². The normalized spacial score (nSPS) is 11.7. The van der Waals surface area contributed by atoms with Gasteiger partial charge in [0.2, 0.25) is 0 Å². The molecule has 0 radical (unpaired) electrons. The maximum Gasteiger partial charge on any atom is 0.431 e. The molecule has 7 heavy (non-hydrogen) atoms. The van der Waals surface area contributed by atoms with Crippen LogP contribution in [0.4, 0.5) is 0 Å². The lowest BCUT2D eigenvalue weighted by Gasteiger charge is -1.89. The Balaban J connectivity index is 3.89. The highest BCUT2D eigenvalue weighted by molar-refractivity contribution is 7.81. The standard InChI is InChI=1S/H4N2O4S/c1-5-7(3,4)6-2/h1-2H2. The van der Waals surface area contributed by atoms with E-state index in [4.69, 9.17) is 0 Å². The zero-order valence-electron chi connectivity index (χ0n) is 3.20. The SMILES string of the molecule is NOS(=O)(=O)ON. The highest BCUT2D eigenvalue weighted by Gasteiger charge is 2.04. The Kier molecular flexibility index (Phi) is 2.12. The Labute approximate surface area is 40.2 Å². The van der Waals surface area contributed by atoms with E-state index >= 15 is 0 Å². The summed E-state index contributed by atoms with van der Waals surface area (Å²) in [7, 11) is -4.10. The minimum absolute atomic E-state index is 3.21. The minimum Gasteiger partial charge on any atom is -0.196 e. The van der Waals surface area contributed by atoms with Crippen LogP contribution in [0.15, 0.2) is 0 Å². The lowest BCUT2D eigenvalue weighted by molar-refractivity contribution is 0.222. The van der Waals surface area contributed by atoms with E-state index in [2.05, 4.69) is 20.4 Å². The molecule has 0 heterocycles. The molecule has 0 aliphatic carbocycles. The van der Waals surface area contributed by atoms with Crippen LogP contribution in [0.1, 0.15) is 0 Å². The van der Waals surface area contributed by atoms with Gasteiger partial charge in [-0.05, 0) is 0 Å². The van der Waals surface area contributed by atoms with Gasteiger partial charge in [-0.1, -0.05) is 0 Å². The molecule has 44 valence electrons. The molecule has 0 fully saturated rings. The molecule has 0 saturated heterocycles. The summed E-state index contributed by atoms with van der Waals surface area (Å²) >= 11 is 0. The average Bonchev–Trinajstić information content (AvgIpc) is 1.68. The van der Waals surface area contributed by atoms with E-state index in [0.717, 1.165) is 0 Å². The highest BCUT2D eigenvalue weighted by Crippen LogP contribution is 1.80. The summed E-state index contributed by atoms with van der Waals surface area (Å²) in [6, 6.07) is 0. The van der Waals surface area contributed by atoms with E-state index in [1.807, 2.05) is 0 Å². The monoisotopic (exact) mass is 128 g/mol. The number of nitrogens with two attached hydrogens (primary N) is 2. The van der Waals surface area contributed by atoms with Gasteiger partial charge in [-0.2, -0.15) is 28.8 Å². The van der Waals surface area contributed by atoms with Crippen LogP contribution in [-0.4, -0.2) is 8.42 Å². The Morgan fingerprint density at radius 1 is 1.14 bits per heavy atom. The third-order valence-electron chi connectivity index (χ3n) is 0.236. The van der Waals surface area contributed by atoms with Crippen molar-refractivity contribution < 1.29 is 17.0 Å². The van der Waals surface area contributed by atoms with Gasteiger partial charge in [-0.15, -0.1) is 0 Å². The third kappa shape index (κ3) is 2.48. The van der Waals surface area contributed by atoms with Crippen molar-refractivity contribution in [3.63, 3.8) is 0 Å². The predicted octanol–water partition coefficient (Wildman–Crippen LogP) is -1.99. The number of hydrogen-bond donors (Lipinski definition) is 2. The largest absolute Gasteiger partial charge is 0.431 e. The summed E-state index contributed by atoms with van der Waals surface area (Å²) in [4.78, 5) is 0. The smallest absolute Gasteiger partial charge is 0.196 e. The van der Waals surface area contributed by atoms with Crippen LogP contribution in [0.5, 0.6) is 0 Å². The first-order chi connectivity index (χ1) is 3.12. The van der Waals surface area contributed by atoms with Crippen LogP contribution < -0.4 is 11.8 Å². The quantitative estimate of drug-likeness (QED) is 0.417. The molecule has 0 saturated carbocycles. The van der Waals surface area contributed by atoms with Gasteiger partial charge in [0, 0.05) is 0 Å². The number of hydrogen-bond acceptors (Lipinski definition) is 6. The Bertz CT molecular complexity index is 113. The molecular weight excluding hydrogens is 124 g/mol. The fourth-order valence-corrected chi connectivity index (χ4v) is 0.0680. The van der Waals surface area contributed by atoms with E-state index in [-0.39, 0.29) is 0 Å². The molecule has 4 N–H and O–H groups in total. The number of rotatable bonds is 2. The maximum atomic E-state index is 9.67. The summed E-state index contributed by atoms with van der Waals surface area (Å²) in [6.07, 6.45) is 0. The molecule has 0 bridgehead atoms. The molecule has 0 spiro atoms. The molecular formula is H4N2O4S. The highest BCUT2D eigenvalue weighted by atomic mass is 32.3. The van der Waals surface area contributed by atoms with Crippen LogP contribution in [-0.2, 0) is 19.0 Å². The molecule has 0 aromatic heterocycles. The molecule has 0 atom stereocenters. The molecule has 0 amide bonds. The lowest BCUT2D eigenvalue weighted by atomic mass is 13.6. The average molecular weight is 128 g/mol. The van der Waals surface area contributed by atoms with Crippen molar-refractivity contribution in [2.75, 3.05) is 0 Å². The van der Waals surface area contributed by atoms with Gasteiger partial charge in [0.1, 0.15) is 0 Å². The first-order valence-corrected chi connectivity index (χ1v) is 2.47. The van der Waals surface area contributed by atoms with Gasteiger partial charge in [0.25, 0.3) is 0 Å². The molecule has 7 heteroatoms. The van der Waals surface area contributed by atoms with Crippen molar-refractivity contribution in [2.45, 2.75) is 0 Å². The summed E-state index contributed by atoms with van der Waals surface area (Å²) < 4.78 is 25.8. The molecule has 0 rings (SSSR count). The second-order valence-electron chi connectivity index (χ2n) is 0.601. The predicted molar refractivity (Wildman–Crippen MR) is 19.5 cm³/mol. The van der Waals surface area contributed by atoms with Crippen LogP contribution >= 0.6 is 0 Å².